The maximum Gasteiger partial charge on any atom is 0.303 e. The van der Waals surface area contributed by atoms with E-state index in [-0.39, 0.29) is 16.8 Å². The maximum absolute atomic E-state index is 10.7. The summed E-state index contributed by atoms with van der Waals surface area (Å²) in [7, 11) is 0. The second-order valence-electron chi connectivity index (χ2n) is 6.09. The average molecular weight is 335 g/mol. The summed E-state index contributed by atoms with van der Waals surface area (Å²) in [6, 6.07) is 0. The second-order valence-corrected chi connectivity index (χ2v) is 8.91. The molecular weight excluding hydrogens is 304 g/mol. The van der Waals surface area contributed by atoms with Crippen LogP contribution in [0.25, 0.3) is 0 Å². The van der Waals surface area contributed by atoms with E-state index in [2.05, 4.69) is 27.7 Å². The highest BCUT2D eigenvalue weighted by atomic mass is 32.2. The minimum absolute atomic E-state index is 0.0788. The zero-order chi connectivity index (χ0) is 16.0. The Balaban J connectivity index is 0.000000219. The van der Waals surface area contributed by atoms with Crippen molar-refractivity contribution in [2.45, 2.75) is 81.7 Å². The highest BCUT2D eigenvalue weighted by molar-refractivity contribution is 8.00. The molecule has 5 heteroatoms. The van der Waals surface area contributed by atoms with Gasteiger partial charge in [-0.2, -0.15) is 0 Å². The molecule has 2 fully saturated rings. The molecule has 0 bridgehead atoms. The molecule has 124 valence electrons. The number of esters is 1. The van der Waals surface area contributed by atoms with Gasteiger partial charge in [0.1, 0.15) is 5.44 Å². The predicted octanol–water partition coefficient (Wildman–Crippen LogP) is 4.28. The Morgan fingerprint density at radius 2 is 1.62 bits per heavy atom. The Bertz CT molecular complexity index is 325. The number of rotatable bonds is 3. The van der Waals surface area contributed by atoms with Gasteiger partial charge in [0.25, 0.3) is 0 Å². The Morgan fingerprint density at radius 1 is 1.10 bits per heavy atom. The van der Waals surface area contributed by atoms with E-state index in [4.69, 9.17) is 9.84 Å². The van der Waals surface area contributed by atoms with Crippen LogP contribution in [0.15, 0.2) is 0 Å². The molecule has 2 aliphatic heterocycles. The van der Waals surface area contributed by atoms with E-state index in [1.165, 1.54) is 19.8 Å². The highest BCUT2D eigenvalue weighted by Crippen LogP contribution is 2.40. The fourth-order valence-electron chi connectivity index (χ4n) is 2.96. The minimum atomic E-state index is -0.156. The summed E-state index contributed by atoms with van der Waals surface area (Å²) in [6.07, 6.45) is 4.37. The Morgan fingerprint density at radius 3 is 1.95 bits per heavy atom. The fraction of sp³-hybridized carbons (Fsp3) is 0.938. The van der Waals surface area contributed by atoms with Crippen LogP contribution in [0.4, 0.5) is 0 Å². The fourth-order valence-corrected chi connectivity index (χ4v) is 5.92. The molecule has 2 aliphatic rings. The Labute approximate surface area is 138 Å². The number of carbonyl (C=O) groups is 1. The van der Waals surface area contributed by atoms with Crippen LogP contribution in [0.3, 0.4) is 0 Å². The van der Waals surface area contributed by atoms with Crippen LogP contribution in [0.5, 0.6) is 0 Å². The van der Waals surface area contributed by atoms with Crippen LogP contribution in [0.2, 0.25) is 0 Å². The van der Waals surface area contributed by atoms with E-state index in [0.717, 1.165) is 18.8 Å². The molecule has 0 aromatic carbocycles. The first kappa shape index (κ1) is 19.2. The lowest BCUT2D eigenvalue weighted by Gasteiger charge is -2.10. The molecule has 6 atom stereocenters. The third kappa shape index (κ3) is 6.41. The van der Waals surface area contributed by atoms with Gasteiger partial charge in [-0.25, -0.2) is 0 Å². The van der Waals surface area contributed by atoms with Crippen molar-refractivity contribution in [3.8, 4) is 0 Å². The molecule has 0 aromatic heterocycles. The SMILES string of the molecule is CC[C@H]1SC(O)C[C@@H]1C.CC[C@H]1S[C@@H](OC(C)=O)C[C@@H]1C. The normalized spacial score (nSPS) is 38.8. The lowest BCUT2D eigenvalue weighted by atomic mass is 10.0. The molecule has 0 saturated carbocycles. The molecule has 21 heavy (non-hydrogen) atoms. The van der Waals surface area contributed by atoms with Crippen LogP contribution < -0.4 is 0 Å². The van der Waals surface area contributed by atoms with Gasteiger partial charge in [0, 0.05) is 17.4 Å². The summed E-state index contributed by atoms with van der Waals surface area (Å²) in [5, 5.41) is 10.5. The quantitative estimate of drug-likeness (QED) is 0.780. The summed E-state index contributed by atoms with van der Waals surface area (Å²) in [4.78, 5) is 10.7. The predicted molar refractivity (Wildman–Crippen MR) is 92.5 cm³/mol. The van der Waals surface area contributed by atoms with Gasteiger partial charge in [-0.15, -0.1) is 23.5 Å². The number of hydrogen-bond donors (Lipinski definition) is 1. The topological polar surface area (TPSA) is 46.5 Å². The number of aliphatic hydroxyl groups is 1. The standard InChI is InChI=1S/C9H16O2S.C7H14OS/c1-4-8-6(2)5-9(12-8)11-7(3)10;1-3-6-5(2)4-7(8)9-6/h6,8-9H,4-5H2,1-3H3;5-8H,3-4H2,1-2H3/t6-,8+,9+;5-,6+,7?/m00/s1. The Kier molecular flexibility index (Phi) is 8.50. The van der Waals surface area contributed by atoms with Gasteiger partial charge >= 0.3 is 5.97 Å². The van der Waals surface area contributed by atoms with Crippen molar-refractivity contribution in [3.63, 3.8) is 0 Å². The van der Waals surface area contributed by atoms with Crippen LogP contribution in [-0.4, -0.2) is 32.4 Å². The van der Waals surface area contributed by atoms with E-state index >= 15 is 0 Å². The number of carbonyl (C=O) groups excluding carboxylic acids is 1. The molecule has 1 unspecified atom stereocenters. The van der Waals surface area contributed by atoms with Gasteiger partial charge in [-0.05, 0) is 37.5 Å². The molecule has 0 aliphatic carbocycles. The zero-order valence-electron chi connectivity index (χ0n) is 13.9. The number of aliphatic hydroxyl groups excluding tert-OH is 1. The first-order chi connectivity index (χ1) is 9.87. The van der Waals surface area contributed by atoms with Gasteiger partial charge < -0.3 is 9.84 Å². The number of ether oxygens (including phenoxy) is 1. The first-order valence-electron chi connectivity index (χ1n) is 8.03. The summed E-state index contributed by atoms with van der Waals surface area (Å²) in [5.74, 6) is 1.25. The molecule has 0 amide bonds. The summed E-state index contributed by atoms with van der Waals surface area (Å²) < 4.78 is 5.14. The molecule has 2 heterocycles. The van der Waals surface area contributed by atoms with Crippen molar-refractivity contribution in [2.24, 2.45) is 11.8 Å². The van der Waals surface area contributed by atoms with Crippen molar-refractivity contribution in [1.82, 2.24) is 0 Å². The third-order valence-corrected chi connectivity index (χ3v) is 7.56. The van der Waals surface area contributed by atoms with Crippen molar-refractivity contribution in [3.05, 3.63) is 0 Å². The highest BCUT2D eigenvalue weighted by Gasteiger charge is 2.32. The lowest BCUT2D eigenvalue weighted by molar-refractivity contribution is -0.142. The molecule has 2 saturated heterocycles. The molecule has 0 spiro atoms. The molecule has 0 aromatic rings. The van der Waals surface area contributed by atoms with Gasteiger partial charge in [0.2, 0.25) is 0 Å². The Hall–Kier alpha value is 0.130. The van der Waals surface area contributed by atoms with Crippen LogP contribution in [0.1, 0.15) is 60.3 Å². The maximum atomic E-state index is 10.7. The van der Waals surface area contributed by atoms with Crippen molar-refractivity contribution >= 4 is 29.5 Å². The van der Waals surface area contributed by atoms with Gasteiger partial charge in [-0.3, -0.25) is 4.79 Å². The van der Waals surface area contributed by atoms with E-state index in [1.807, 2.05) is 0 Å². The van der Waals surface area contributed by atoms with Crippen molar-refractivity contribution in [2.75, 3.05) is 0 Å². The second kappa shape index (κ2) is 9.31. The minimum Gasteiger partial charge on any atom is -0.451 e. The van der Waals surface area contributed by atoms with Crippen LogP contribution >= 0.6 is 23.5 Å². The van der Waals surface area contributed by atoms with Crippen LogP contribution in [0, 0.1) is 11.8 Å². The lowest BCUT2D eigenvalue weighted by Crippen LogP contribution is -2.09. The third-order valence-electron chi connectivity index (χ3n) is 4.17. The number of thioether (sulfide) groups is 2. The molecule has 2 rings (SSSR count). The monoisotopic (exact) mass is 334 g/mol. The average Bonchev–Trinajstić information content (AvgIpc) is 2.91. The number of hydrogen-bond acceptors (Lipinski definition) is 5. The molecular formula is C16H30O3S2. The van der Waals surface area contributed by atoms with Crippen molar-refractivity contribution < 1.29 is 14.6 Å². The van der Waals surface area contributed by atoms with E-state index in [1.54, 1.807) is 23.5 Å². The summed E-state index contributed by atoms with van der Waals surface area (Å²) in [5.41, 5.74) is 0.0346. The smallest absolute Gasteiger partial charge is 0.303 e. The largest absolute Gasteiger partial charge is 0.451 e. The molecule has 1 N–H and O–H groups in total. The zero-order valence-corrected chi connectivity index (χ0v) is 15.5. The van der Waals surface area contributed by atoms with Gasteiger partial charge in [0.15, 0.2) is 0 Å². The van der Waals surface area contributed by atoms with Gasteiger partial charge in [0.05, 0.1) is 5.44 Å². The summed E-state index contributed by atoms with van der Waals surface area (Å²) >= 11 is 3.53. The van der Waals surface area contributed by atoms with E-state index in [0.29, 0.717) is 16.4 Å². The first-order valence-corrected chi connectivity index (χ1v) is 9.92. The van der Waals surface area contributed by atoms with Gasteiger partial charge in [-0.1, -0.05) is 27.7 Å². The van der Waals surface area contributed by atoms with E-state index in [9.17, 15) is 4.79 Å². The summed E-state index contributed by atoms with van der Waals surface area (Å²) in [6.45, 7) is 10.3. The van der Waals surface area contributed by atoms with Crippen LogP contribution in [-0.2, 0) is 9.53 Å². The molecule has 3 nitrogen and oxygen atoms in total. The van der Waals surface area contributed by atoms with Crippen molar-refractivity contribution in [1.29, 1.82) is 0 Å². The molecule has 0 radical (unpaired) electrons. The van der Waals surface area contributed by atoms with E-state index < -0.39 is 0 Å².